The fourth-order valence-electron chi connectivity index (χ4n) is 3.82. The van der Waals surface area contributed by atoms with Crippen LogP contribution in [0.3, 0.4) is 0 Å². The molecule has 0 aliphatic rings. The third-order valence-electron chi connectivity index (χ3n) is 4.82. The summed E-state index contributed by atoms with van der Waals surface area (Å²) in [4.78, 5) is 23.5. The van der Waals surface area contributed by atoms with Gasteiger partial charge in [-0.15, -0.1) is 6.58 Å². The van der Waals surface area contributed by atoms with E-state index < -0.39 is 14.2 Å². The zero-order valence-electron chi connectivity index (χ0n) is 16.5. The summed E-state index contributed by atoms with van der Waals surface area (Å²) in [7, 11) is -2.14. The topological polar surface area (TPSA) is 52.6 Å². The smallest absolute Gasteiger partial charge is 0.306 e. The van der Waals surface area contributed by atoms with E-state index in [-0.39, 0.29) is 18.5 Å². The molecule has 0 spiro atoms. The van der Waals surface area contributed by atoms with Crippen molar-refractivity contribution < 1.29 is 18.8 Å². The fourth-order valence-corrected chi connectivity index (χ4v) is 9.44. The van der Waals surface area contributed by atoms with Gasteiger partial charge in [-0.1, -0.05) is 47.6 Å². The molecule has 0 rings (SSSR count). The number of rotatable bonds is 12. The number of carbonyl (C=O) groups excluding carboxylic acids is 2. The molecule has 0 radical (unpaired) electrons. The number of aldehydes is 1. The largest absolute Gasteiger partial charge is 0.466 e. The molecule has 0 N–H and O–H groups in total. The average Bonchev–Trinajstić information content (AvgIpc) is 2.48. The summed E-state index contributed by atoms with van der Waals surface area (Å²) in [6.07, 6.45) is 2.92. The Kier molecular flexibility index (Phi) is 10.4. The van der Waals surface area contributed by atoms with Crippen LogP contribution in [0, 0.1) is 5.92 Å². The molecule has 0 amide bonds. The van der Waals surface area contributed by atoms with Crippen molar-refractivity contribution in [2.75, 3.05) is 6.61 Å². The third kappa shape index (κ3) is 5.85. The standard InChI is InChI=1S/C19H36O4Si/c1-9-11-18(17(13-20)12-19(21)22-10-2)23-24(14(3)4,15(5)6)16(7)8/h9,13-18H,1,10-12H2,2-8H3/t17-,18-/m0/s1. The highest BCUT2D eigenvalue weighted by Crippen LogP contribution is 2.44. The Morgan fingerprint density at radius 1 is 1.08 bits per heavy atom. The first kappa shape index (κ1) is 23.1. The van der Waals surface area contributed by atoms with Crippen LogP contribution in [0.4, 0.5) is 0 Å². The van der Waals surface area contributed by atoms with Crippen LogP contribution in [-0.4, -0.2) is 33.3 Å². The molecule has 0 aromatic carbocycles. The molecule has 0 saturated carbocycles. The Balaban J connectivity index is 5.56. The van der Waals surface area contributed by atoms with Crippen LogP contribution < -0.4 is 0 Å². The van der Waals surface area contributed by atoms with Gasteiger partial charge < -0.3 is 14.0 Å². The Bertz CT molecular complexity index is 382. The lowest BCUT2D eigenvalue weighted by atomic mass is 9.98. The SMILES string of the molecule is C=CC[C@H](O[Si](C(C)C)(C(C)C)C(C)C)[C@H](C=O)CC(=O)OCC. The van der Waals surface area contributed by atoms with Crippen LogP contribution in [0.15, 0.2) is 12.7 Å². The lowest BCUT2D eigenvalue weighted by molar-refractivity contribution is -0.146. The zero-order valence-corrected chi connectivity index (χ0v) is 17.5. The Morgan fingerprint density at radius 2 is 1.58 bits per heavy atom. The summed E-state index contributed by atoms with van der Waals surface area (Å²) in [5.74, 6) is -0.844. The first-order valence-corrected chi connectivity index (χ1v) is 11.2. The molecule has 0 fully saturated rings. The van der Waals surface area contributed by atoms with Gasteiger partial charge in [0.1, 0.15) is 6.29 Å². The predicted molar refractivity (Wildman–Crippen MR) is 102 cm³/mol. The van der Waals surface area contributed by atoms with Gasteiger partial charge in [-0.2, -0.15) is 0 Å². The zero-order chi connectivity index (χ0) is 18.9. The normalized spacial score (nSPS) is 14.8. The van der Waals surface area contributed by atoms with E-state index in [2.05, 4.69) is 48.1 Å². The van der Waals surface area contributed by atoms with Crippen LogP contribution in [0.1, 0.15) is 61.3 Å². The van der Waals surface area contributed by atoms with Gasteiger partial charge in [0.05, 0.1) is 25.0 Å². The minimum atomic E-state index is -2.14. The van der Waals surface area contributed by atoms with Crippen LogP contribution in [0.2, 0.25) is 16.6 Å². The van der Waals surface area contributed by atoms with Gasteiger partial charge >= 0.3 is 5.97 Å². The predicted octanol–water partition coefficient (Wildman–Crippen LogP) is 4.89. The monoisotopic (exact) mass is 356 g/mol. The van der Waals surface area contributed by atoms with E-state index in [1.54, 1.807) is 13.0 Å². The first-order chi connectivity index (χ1) is 11.2. The van der Waals surface area contributed by atoms with Gasteiger partial charge in [0.25, 0.3) is 0 Å². The quantitative estimate of drug-likeness (QED) is 0.216. The van der Waals surface area contributed by atoms with Crippen molar-refractivity contribution in [3.8, 4) is 0 Å². The minimum Gasteiger partial charge on any atom is -0.466 e. The maximum absolute atomic E-state index is 11.8. The Labute approximate surface area is 149 Å². The lowest BCUT2D eigenvalue weighted by Crippen LogP contribution is -2.51. The van der Waals surface area contributed by atoms with Gasteiger partial charge in [0.15, 0.2) is 0 Å². The molecular formula is C19H36O4Si. The van der Waals surface area contributed by atoms with Gasteiger partial charge in [-0.25, -0.2) is 0 Å². The van der Waals surface area contributed by atoms with E-state index in [0.29, 0.717) is 29.7 Å². The molecule has 0 aromatic heterocycles. The Hall–Kier alpha value is -0.943. The molecule has 4 nitrogen and oxygen atoms in total. The second kappa shape index (κ2) is 10.8. The van der Waals surface area contributed by atoms with E-state index in [1.807, 2.05) is 0 Å². The molecular weight excluding hydrogens is 320 g/mol. The summed E-state index contributed by atoms with van der Waals surface area (Å²) in [5.41, 5.74) is 1.25. The molecule has 5 heteroatoms. The highest BCUT2D eigenvalue weighted by Gasteiger charge is 2.47. The average molecular weight is 357 g/mol. The molecule has 24 heavy (non-hydrogen) atoms. The molecule has 0 saturated heterocycles. The maximum Gasteiger partial charge on any atom is 0.306 e. The van der Waals surface area contributed by atoms with Crippen molar-refractivity contribution in [2.24, 2.45) is 5.92 Å². The molecule has 0 aliphatic heterocycles. The summed E-state index contributed by atoms with van der Waals surface area (Å²) >= 11 is 0. The molecule has 0 aliphatic carbocycles. The van der Waals surface area contributed by atoms with Gasteiger partial charge in [0.2, 0.25) is 8.32 Å². The summed E-state index contributed by atoms with van der Waals surface area (Å²) in [6, 6.07) is 0. The van der Waals surface area contributed by atoms with Crippen molar-refractivity contribution in [2.45, 2.75) is 84.0 Å². The van der Waals surface area contributed by atoms with Crippen molar-refractivity contribution in [3.63, 3.8) is 0 Å². The van der Waals surface area contributed by atoms with Crippen LogP contribution in [0.25, 0.3) is 0 Å². The number of hydrogen-bond acceptors (Lipinski definition) is 4. The molecule has 0 aromatic rings. The Morgan fingerprint density at radius 3 is 1.92 bits per heavy atom. The van der Waals surface area contributed by atoms with Gasteiger partial charge in [-0.05, 0) is 30.0 Å². The van der Waals surface area contributed by atoms with E-state index in [1.165, 1.54) is 0 Å². The van der Waals surface area contributed by atoms with Gasteiger partial charge in [0, 0.05) is 0 Å². The fraction of sp³-hybridized carbons (Fsp3) is 0.789. The van der Waals surface area contributed by atoms with Crippen molar-refractivity contribution in [1.29, 1.82) is 0 Å². The molecule has 0 unspecified atom stereocenters. The third-order valence-corrected chi connectivity index (χ3v) is 10.9. The molecule has 2 atom stereocenters. The van der Waals surface area contributed by atoms with E-state index in [4.69, 9.17) is 9.16 Å². The number of esters is 1. The second-order valence-corrected chi connectivity index (χ2v) is 12.7. The van der Waals surface area contributed by atoms with Crippen LogP contribution in [-0.2, 0) is 18.8 Å². The molecule has 0 bridgehead atoms. The van der Waals surface area contributed by atoms with Crippen LogP contribution >= 0.6 is 0 Å². The second-order valence-electron chi connectivity index (χ2n) is 7.31. The van der Waals surface area contributed by atoms with Crippen molar-refractivity contribution >= 4 is 20.6 Å². The van der Waals surface area contributed by atoms with Crippen LogP contribution in [0.5, 0.6) is 0 Å². The van der Waals surface area contributed by atoms with Crippen molar-refractivity contribution in [3.05, 3.63) is 12.7 Å². The number of ether oxygens (including phenoxy) is 1. The molecule has 0 heterocycles. The maximum atomic E-state index is 11.8. The first-order valence-electron chi connectivity index (χ1n) is 9.06. The highest BCUT2D eigenvalue weighted by molar-refractivity contribution is 6.77. The number of hydrogen-bond donors (Lipinski definition) is 0. The van der Waals surface area contributed by atoms with Gasteiger partial charge in [-0.3, -0.25) is 4.79 Å². The summed E-state index contributed by atoms with van der Waals surface area (Å²) in [6.45, 7) is 19.1. The minimum absolute atomic E-state index is 0.0641. The summed E-state index contributed by atoms with van der Waals surface area (Å²) < 4.78 is 11.7. The van der Waals surface area contributed by atoms with Crippen molar-refractivity contribution in [1.82, 2.24) is 0 Å². The molecule has 140 valence electrons. The van der Waals surface area contributed by atoms with E-state index in [9.17, 15) is 9.59 Å². The lowest BCUT2D eigenvalue weighted by Gasteiger charge is -2.45. The van der Waals surface area contributed by atoms with E-state index >= 15 is 0 Å². The number of carbonyl (C=O) groups is 2. The van der Waals surface area contributed by atoms with E-state index in [0.717, 1.165) is 6.29 Å². The highest BCUT2D eigenvalue weighted by atomic mass is 28.4. The summed E-state index contributed by atoms with van der Waals surface area (Å²) in [5, 5.41) is 0.